The molecule has 2 aliphatic carbocycles. The van der Waals surface area contributed by atoms with Crippen LogP contribution in [-0.4, -0.2) is 57.2 Å². The van der Waals surface area contributed by atoms with Gasteiger partial charge < -0.3 is 10.0 Å². The zero-order valence-electron chi connectivity index (χ0n) is 14.2. The maximum Gasteiger partial charge on any atom is 0.258 e. The molecule has 0 amide bonds. The quantitative estimate of drug-likeness (QED) is 0.889. The molecular weight excluding hydrogens is 314 g/mol. The van der Waals surface area contributed by atoms with E-state index in [1.807, 2.05) is 13.2 Å². The van der Waals surface area contributed by atoms with Crippen LogP contribution in [0.25, 0.3) is 0 Å². The topological polar surface area (TPSA) is 54.2 Å². The number of halogens is 2. The molecule has 0 unspecified atom stereocenters. The monoisotopic (exact) mass is 340 g/mol. The van der Waals surface area contributed by atoms with Crippen LogP contribution in [-0.2, 0) is 13.5 Å². The number of piperidine rings is 1. The second kappa shape index (κ2) is 5.46. The summed E-state index contributed by atoms with van der Waals surface area (Å²) < 4.78 is 28.7. The predicted molar refractivity (Wildman–Crippen MR) is 84.6 cm³/mol. The lowest BCUT2D eigenvalue weighted by atomic mass is 9.56. The van der Waals surface area contributed by atoms with Gasteiger partial charge in [-0.1, -0.05) is 5.21 Å². The number of nitrogens with zero attached hydrogens (tertiary/aromatic N) is 4. The summed E-state index contributed by atoms with van der Waals surface area (Å²) in [5, 5.41) is 17.5. The number of likely N-dealkylation sites (tertiary alicyclic amines) is 1. The number of alkyl halides is 2. The van der Waals surface area contributed by atoms with Gasteiger partial charge in [-0.05, 0) is 56.5 Å². The van der Waals surface area contributed by atoms with Gasteiger partial charge in [0.15, 0.2) is 0 Å². The lowest BCUT2D eigenvalue weighted by molar-refractivity contribution is -0.0331. The Morgan fingerprint density at radius 1 is 1.29 bits per heavy atom. The number of aromatic nitrogens is 3. The molecule has 5 nitrogen and oxygen atoms in total. The van der Waals surface area contributed by atoms with Crippen LogP contribution in [0.4, 0.5) is 8.78 Å². The van der Waals surface area contributed by atoms with E-state index in [9.17, 15) is 13.9 Å². The second-order valence-corrected chi connectivity index (χ2v) is 8.46. The Labute approximate surface area is 141 Å². The van der Waals surface area contributed by atoms with Crippen LogP contribution in [0.5, 0.6) is 0 Å². The van der Waals surface area contributed by atoms with Crippen LogP contribution in [0.1, 0.15) is 37.8 Å². The molecule has 7 heteroatoms. The smallest absolute Gasteiger partial charge is 0.258 e. The molecule has 134 valence electrons. The summed E-state index contributed by atoms with van der Waals surface area (Å²) in [6.45, 7) is 1.71. The molecule has 1 atom stereocenters. The summed E-state index contributed by atoms with van der Waals surface area (Å²) in [7, 11) is 1.89. The summed E-state index contributed by atoms with van der Waals surface area (Å²) in [4.78, 5) is 2.14. The first-order valence-corrected chi connectivity index (χ1v) is 8.92. The summed E-state index contributed by atoms with van der Waals surface area (Å²) in [6, 6.07) is 0. The van der Waals surface area contributed by atoms with Crippen LogP contribution in [0, 0.1) is 16.7 Å². The maximum atomic E-state index is 13.5. The highest BCUT2D eigenvalue weighted by Crippen LogP contribution is 2.61. The summed E-state index contributed by atoms with van der Waals surface area (Å²) >= 11 is 0. The van der Waals surface area contributed by atoms with E-state index in [1.165, 1.54) is 12.8 Å². The van der Waals surface area contributed by atoms with Gasteiger partial charge in [0.1, 0.15) is 0 Å². The Bertz CT molecular complexity index is 603. The molecule has 24 heavy (non-hydrogen) atoms. The fourth-order valence-corrected chi connectivity index (χ4v) is 4.89. The van der Waals surface area contributed by atoms with Gasteiger partial charge in [-0.3, -0.25) is 4.68 Å². The van der Waals surface area contributed by atoms with Crippen molar-refractivity contribution < 1.29 is 13.9 Å². The van der Waals surface area contributed by atoms with E-state index < -0.39 is 17.9 Å². The first kappa shape index (κ1) is 16.4. The van der Waals surface area contributed by atoms with E-state index in [4.69, 9.17) is 0 Å². The van der Waals surface area contributed by atoms with E-state index >= 15 is 0 Å². The Hall–Kier alpha value is -1.08. The lowest BCUT2D eigenvalue weighted by Crippen LogP contribution is -2.49. The lowest BCUT2D eigenvalue weighted by Gasteiger charge is -2.52. The molecule has 0 bridgehead atoms. The molecule has 3 fully saturated rings. The van der Waals surface area contributed by atoms with Crippen LogP contribution < -0.4 is 0 Å². The number of rotatable bonds is 5. The molecule has 1 aromatic rings. The normalized spacial score (nSPS) is 32.0. The van der Waals surface area contributed by atoms with Gasteiger partial charge in [0.25, 0.3) is 5.92 Å². The van der Waals surface area contributed by atoms with Gasteiger partial charge in [0.05, 0.1) is 17.7 Å². The molecule has 1 aliphatic heterocycles. The third-order valence-electron chi connectivity index (χ3n) is 6.55. The van der Waals surface area contributed by atoms with Crippen molar-refractivity contribution in [2.24, 2.45) is 23.8 Å². The first-order valence-electron chi connectivity index (χ1n) is 8.92. The Kier molecular flexibility index (Phi) is 3.73. The van der Waals surface area contributed by atoms with Crippen LogP contribution >= 0.6 is 0 Å². The van der Waals surface area contributed by atoms with Gasteiger partial charge in [-0.2, -0.15) is 0 Å². The molecular formula is C17H26F2N4O. The summed E-state index contributed by atoms with van der Waals surface area (Å²) in [6.07, 6.45) is 7.46. The fourth-order valence-electron chi connectivity index (χ4n) is 4.89. The zero-order valence-corrected chi connectivity index (χ0v) is 14.2. The largest absolute Gasteiger partial charge is 0.396 e. The zero-order chi connectivity index (χ0) is 17.0. The van der Waals surface area contributed by atoms with Crippen molar-refractivity contribution in [3.05, 3.63) is 11.9 Å². The number of aryl methyl sites for hydroxylation is 1. The first-order chi connectivity index (χ1) is 11.4. The highest BCUT2D eigenvalue weighted by atomic mass is 19.3. The average Bonchev–Trinajstić information content (AvgIpc) is 2.83. The number of aliphatic hydroxyl groups excluding tert-OH is 1. The van der Waals surface area contributed by atoms with E-state index in [0.717, 1.165) is 38.0 Å². The minimum atomic E-state index is -2.67. The number of hydrogen-bond acceptors (Lipinski definition) is 4. The standard InChI is InChI=1S/C17H26F2N4O/c1-22-9-14(20-21-22)6-13-7-15(8-13)2-4-23(5-3-15)11-16(12-24)10-17(16,18)19/h9,13,24H,2-8,10-12H2,1H3/t16-/m1/s1. The minimum absolute atomic E-state index is 0.154. The van der Waals surface area contributed by atoms with Crippen molar-refractivity contribution in [2.45, 2.75) is 44.4 Å². The van der Waals surface area contributed by atoms with E-state index in [-0.39, 0.29) is 6.42 Å². The third-order valence-corrected chi connectivity index (χ3v) is 6.55. The highest BCUT2D eigenvalue weighted by Gasteiger charge is 2.71. The molecule has 2 heterocycles. The number of hydrogen-bond donors (Lipinski definition) is 1. The summed E-state index contributed by atoms with van der Waals surface area (Å²) in [5.74, 6) is -1.99. The molecule has 1 saturated heterocycles. The SMILES string of the molecule is Cn1cc(CC2CC3(CCN(C[C@@]4(CO)CC4(F)F)CC3)C2)nn1. The molecule has 0 aromatic carbocycles. The van der Waals surface area contributed by atoms with Crippen molar-refractivity contribution in [1.82, 2.24) is 19.9 Å². The van der Waals surface area contributed by atoms with Gasteiger partial charge >= 0.3 is 0 Å². The van der Waals surface area contributed by atoms with Gasteiger partial charge in [0, 0.05) is 26.2 Å². The van der Waals surface area contributed by atoms with Crippen molar-refractivity contribution in [3.63, 3.8) is 0 Å². The van der Waals surface area contributed by atoms with E-state index in [1.54, 1.807) is 4.68 Å². The molecule has 1 N–H and O–H groups in total. The fraction of sp³-hybridized carbons (Fsp3) is 0.882. The van der Waals surface area contributed by atoms with Crippen molar-refractivity contribution in [1.29, 1.82) is 0 Å². The average molecular weight is 340 g/mol. The summed E-state index contributed by atoms with van der Waals surface area (Å²) in [5.41, 5.74) is 0.323. The van der Waals surface area contributed by atoms with Crippen molar-refractivity contribution >= 4 is 0 Å². The van der Waals surface area contributed by atoms with Gasteiger partial charge in [-0.25, -0.2) is 8.78 Å². The van der Waals surface area contributed by atoms with Crippen LogP contribution in [0.15, 0.2) is 6.20 Å². The second-order valence-electron chi connectivity index (χ2n) is 8.46. The highest BCUT2D eigenvalue weighted by molar-refractivity contribution is 5.12. The maximum absolute atomic E-state index is 13.5. The molecule has 3 aliphatic rings. The van der Waals surface area contributed by atoms with Crippen molar-refractivity contribution in [2.75, 3.05) is 26.2 Å². The van der Waals surface area contributed by atoms with Crippen LogP contribution in [0.2, 0.25) is 0 Å². The Morgan fingerprint density at radius 2 is 1.96 bits per heavy atom. The van der Waals surface area contributed by atoms with Crippen LogP contribution in [0.3, 0.4) is 0 Å². The van der Waals surface area contributed by atoms with E-state index in [2.05, 4.69) is 15.2 Å². The van der Waals surface area contributed by atoms with Gasteiger partial charge in [0.2, 0.25) is 0 Å². The Morgan fingerprint density at radius 3 is 2.46 bits per heavy atom. The molecule has 1 spiro atoms. The van der Waals surface area contributed by atoms with Crippen molar-refractivity contribution in [3.8, 4) is 0 Å². The van der Waals surface area contributed by atoms with Gasteiger partial charge in [-0.15, -0.1) is 5.10 Å². The molecule has 1 aromatic heterocycles. The minimum Gasteiger partial charge on any atom is -0.396 e. The predicted octanol–water partition coefficient (Wildman–Crippen LogP) is 1.87. The number of aliphatic hydroxyl groups is 1. The molecule has 2 saturated carbocycles. The van der Waals surface area contributed by atoms with E-state index in [0.29, 0.717) is 17.9 Å². The third kappa shape index (κ3) is 2.75. The molecule has 4 rings (SSSR count). The Balaban J connectivity index is 1.24. The molecule has 0 radical (unpaired) electrons.